The minimum absolute atomic E-state index is 0.118. The fraction of sp³-hybridized carbons (Fsp3) is 0.267. The van der Waals surface area contributed by atoms with Gasteiger partial charge in [-0.1, -0.05) is 6.07 Å². The first kappa shape index (κ1) is 15.2. The Labute approximate surface area is 126 Å². The summed E-state index contributed by atoms with van der Waals surface area (Å²) in [6, 6.07) is 6.90. The zero-order valence-electron chi connectivity index (χ0n) is 11.9. The lowest BCUT2D eigenvalue weighted by molar-refractivity contribution is 0.0693. The molecule has 21 heavy (non-hydrogen) atoms. The third-order valence-electron chi connectivity index (χ3n) is 3.16. The van der Waals surface area contributed by atoms with Crippen molar-refractivity contribution >= 4 is 23.2 Å². The van der Waals surface area contributed by atoms with Crippen LogP contribution in [0.5, 0.6) is 0 Å². The second-order valence-corrected chi connectivity index (χ2v) is 5.72. The average molecular weight is 304 g/mol. The summed E-state index contributed by atoms with van der Waals surface area (Å²) in [5.41, 5.74) is 0.735. The Morgan fingerprint density at radius 3 is 2.67 bits per heavy atom. The summed E-state index contributed by atoms with van der Waals surface area (Å²) in [5.74, 6) is -1.24. The quantitative estimate of drug-likeness (QED) is 0.921. The summed E-state index contributed by atoms with van der Waals surface area (Å²) in [5, 5.41) is 11.0. The average Bonchev–Trinajstić information content (AvgIpc) is 2.96. The maximum atomic E-state index is 12.3. The molecule has 0 aliphatic carbocycles. The van der Waals surface area contributed by atoms with Gasteiger partial charge >= 0.3 is 5.97 Å². The Morgan fingerprint density at radius 1 is 1.33 bits per heavy atom. The molecule has 5 nitrogen and oxygen atoms in total. The molecule has 0 saturated heterocycles. The van der Waals surface area contributed by atoms with Gasteiger partial charge < -0.3 is 10.0 Å². The molecule has 1 N–H and O–H groups in total. The zero-order valence-corrected chi connectivity index (χ0v) is 12.7. The van der Waals surface area contributed by atoms with Gasteiger partial charge in [0.2, 0.25) is 0 Å². The van der Waals surface area contributed by atoms with Crippen molar-refractivity contribution in [3.8, 4) is 0 Å². The van der Waals surface area contributed by atoms with Crippen molar-refractivity contribution in [3.05, 3.63) is 51.5 Å². The van der Waals surface area contributed by atoms with Gasteiger partial charge in [-0.25, -0.2) is 9.78 Å². The number of carboxylic acid groups (broad SMARTS) is 1. The fourth-order valence-corrected chi connectivity index (χ4v) is 2.63. The minimum Gasteiger partial charge on any atom is -0.478 e. The molecule has 1 amide bonds. The van der Waals surface area contributed by atoms with Crippen LogP contribution in [0.1, 0.15) is 31.4 Å². The van der Waals surface area contributed by atoms with Gasteiger partial charge in [-0.3, -0.25) is 4.79 Å². The second kappa shape index (κ2) is 6.49. The number of likely N-dealkylation sites (N-methyl/N-ethyl adjacent to an activating group) is 1. The van der Waals surface area contributed by atoms with Gasteiger partial charge in [0.15, 0.2) is 0 Å². The van der Waals surface area contributed by atoms with E-state index in [0.717, 1.165) is 6.42 Å². The van der Waals surface area contributed by atoms with E-state index in [1.165, 1.54) is 17.0 Å². The Balaban J connectivity index is 2.05. The number of hydrogen-bond acceptors (Lipinski definition) is 4. The van der Waals surface area contributed by atoms with Crippen LogP contribution in [-0.2, 0) is 6.42 Å². The van der Waals surface area contributed by atoms with Crippen LogP contribution in [0.4, 0.5) is 0 Å². The van der Waals surface area contributed by atoms with Gasteiger partial charge in [0.25, 0.3) is 5.91 Å². The van der Waals surface area contributed by atoms with E-state index in [1.54, 1.807) is 30.2 Å². The molecule has 0 unspecified atom stereocenters. The largest absolute Gasteiger partial charge is 0.478 e. The topological polar surface area (TPSA) is 70.5 Å². The van der Waals surface area contributed by atoms with Gasteiger partial charge in [-0.05, 0) is 36.9 Å². The Kier molecular flexibility index (Phi) is 4.70. The Hall–Kier alpha value is -2.21. The summed E-state index contributed by atoms with van der Waals surface area (Å²) in [6.07, 6.45) is 0.798. The predicted molar refractivity (Wildman–Crippen MR) is 80.9 cm³/mol. The maximum absolute atomic E-state index is 12.3. The van der Waals surface area contributed by atoms with E-state index in [4.69, 9.17) is 5.11 Å². The minimum atomic E-state index is -1.04. The number of aromatic carboxylic acids is 1. The number of amides is 1. The smallest absolute Gasteiger partial charge is 0.337 e. The van der Waals surface area contributed by atoms with Gasteiger partial charge in [0.05, 0.1) is 11.3 Å². The van der Waals surface area contributed by atoms with Crippen LogP contribution in [0.3, 0.4) is 0 Å². The first-order valence-corrected chi connectivity index (χ1v) is 7.36. The molecular weight excluding hydrogens is 288 g/mol. The van der Waals surface area contributed by atoms with Gasteiger partial charge in [0, 0.05) is 18.5 Å². The van der Waals surface area contributed by atoms with E-state index in [-0.39, 0.29) is 17.2 Å². The van der Waals surface area contributed by atoms with Crippen LogP contribution in [0.15, 0.2) is 29.6 Å². The van der Waals surface area contributed by atoms with Crippen molar-refractivity contribution in [3.63, 3.8) is 0 Å². The van der Waals surface area contributed by atoms with E-state index < -0.39 is 5.97 Å². The molecule has 0 atom stereocenters. The summed E-state index contributed by atoms with van der Waals surface area (Å²) in [7, 11) is 1.72. The molecule has 2 rings (SSSR count). The molecule has 0 radical (unpaired) electrons. The van der Waals surface area contributed by atoms with Crippen molar-refractivity contribution < 1.29 is 14.7 Å². The first-order chi connectivity index (χ1) is 9.99. The number of nitrogens with zero attached hydrogens (tertiary/aromatic N) is 2. The molecule has 110 valence electrons. The molecule has 0 fully saturated rings. The molecule has 2 aromatic rings. The number of carbonyl (C=O) groups is 2. The molecule has 0 aliphatic rings. The van der Waals surface area contributed by atoms with E-state index in [1.807, 2.05) is 17.5 Å². The highest BCUT2D eigenvalue weighted by atomic mass is 32.1. The highest BCUT2D eigenvalue weighted by Crippen LogP contribution is 2.11. The Morgan fingerprint density at radius 2 is 2.10 bits per heavy atom. The van der Waals surface area contributed by atoms with Gasteiger partial charge in [-0.2, -0.15) is 0 Å². The van der Waals surface area contributed by atoms with E-state index in [0.29, 0.717) is 12.2 Å². The third-order valence-corrected chi connectivity index (χ3v) is 4.09. The van der Waals surface area contributed by atoms with Crippen LogP contribution in [0, 0.1) is 6.92 Å². The first-order valence-electron chi connectivity index (χ1n) is 6.48. The monoisotopic (exact) mass is 304 g/mol. The zero-order chi connectivity index (χ0) is 15.4. The lowest BCUT2D eigenvalue weighted by atomic mass is 10.2. The number of thiophene rings is 1. The van der Waals surface area contributed by atoms with Crippen molar-refractivity contribution in [2.75, 3.05) is 13.6 Å². The highest BCUT2D eigenvalue weighted by Gasteiger charge is 2.16. The number of aromatic nitrogens is 1. The van der Waals surface area contributed by atoms with Crippen LogP contribution < -0.4 is 0 Å². The van der Waals surface area contributed by atoms with Gasteiger partial charge in [-0.15, -0.1) is 11.3 Å². The number of carboxylic acids is 1. The number of pyridine rings is 1. The maximum Gasteiger partial charge on any atom is 0.337 e. The van der Waals surface area contributed by atoms with Crippen LogP contribution >= 0.6 is 11.3 Å². The van der Waals surface area contributed by atoms with E-state index in [9.17, 15) is 9.59 Å². The molecule has 2 heterocycles. The molecule has 2 aromatic heterocycles. The molecule has 0 aromatic carbocycles. The third kappa shape index (κ3) is 3.66. The van der Waals surface area contributed by atoms with Crippen molar-refractivity contribution in [2.24, 2.45) is 0 Å². The standard InChI is InChI=1S/C15H16N2O3S/c1-10-12(15(19)20)5-6-13(16-10)14(18)17(2)8-7-11-4-3-9-21-11/h3-6,9H,7-8H2,1-2H3,(H,19,20). The summed E-state index contributed by atoms with van der Waals surface area (Å²) in [6.45, 7) is 2.19. The summed E-state index contributed by atoms with van der Waals surface area (Å²) in [4.78, 5) is 30.1. The molecule has 0 spiro atoms. The number of carbonyl (C=O) groups excluding carboxylic acids is 1. The highest BCUT2D eigenvalue weighted by molar-refractivity contribution is 7.09. The van der Waals surface area contributed by atoms with Crippen molar-refractivity contribution in [1.82, 2.24) is 9.88 Å². The molecule has 0 aliphatic heterocycles. The SMILES string of the molecule is Cc1nc(C(=O)N(C)CCc2cccs2)ccc1C(=O)O. The summed E-state index contributed by atoms with van der Waals surface area (Å²) >= 11 is 1.66. The number of hydrogen-bond donors (Lipinski definition) is 1. The normalized spacial score (nSPS) is 10.4. The second-order valence-electron chi connectivity index (χ2n) is 4.69. The van der Waals surface area contributed by atoms with Crippen molar-refractivity contribution in [1.29, 1.82) is 0 Å². The number of aryl methyl sites for hydroxylation is 1. The molecule has 6 heteroatoms. The predicted octanol–water partition coefficient (Wildman–Crippen LogP) is 2.46. The lowest BCUT2D eigenvalue weighted by Crippen LogP contribution is -2.29. The number of rotatable bonds is 5. The molecular formula is C15H16N2O3S. The van der Waals surface area contributed by atoms with E-state index >= 15 is 0 Å². The van der Waals surface area contributed by atoms with Gasteiger partial charge in [0.1, 0.15) is 5.69 Å². The Bertz CT molecular complexity index is 653. The van der Waals surface area contributed by atoms with Crippen LogP contribution in [-0.4, -0.2) is 40.5 Å². The molecule has 0 bridgehead atoms. The van der Waals surface area contributed by atoms with E-state index in [2.05, 4.69) is 4.98 Å². The lowest BCUT2D eigenvalue weighted by Gasteiger charge is -2.16. The summed E-state index contributed by atoms with van der Waals surface area (Å²) < 4.78 is 0. The fourth-order valence-electron chi connectivity index (χ4n) is 1.94. The van der Waals surface area contributed by atoms with Crippen LogP contribution in [0.2, 0.25) is 0 Å². The van der Waals surface area contributed by atoms with Crippen LogP contribution in [0.25, 0.3) is 0 Å². The molecule has 0 saturated carbocycles. The van der Waals surface area contributed by atoms with Crippen molar-refractivity contribution in [2.45, 2.75) is 13.3 Å².